The lowest BCUT2D eigenvalue weighted by Crippen LogP contribution is -2.26. The van der Waals surface area contributed by atoms with Crippen LogP contribution in [-0.2, 0) is 0 Å². The Kier molecular flexibility index (Phi) is 2.94. The molecule has 1 aromatic carbocycles. The van der Waals surface area contributed by atoms with Gasteiger partial charge in [0.05, 0.1) is 5.02 Å². The first-order valence-corrected chi connectivity index (χ1v) is 5.37. The molecule has 2 rings (SSSR count). The number of phenolic OH excluding ortho intramolecular Hbond substituents is 1. The molecule has 14 heavy (non-hydrogen) atoms. The molecule has 1 aromatic rings. The van der Waals surface area contributed by atoms with Crippen molar-refractivity contribution in [3.63, 3.8) is 0 Å². The van der Waals surface area contributed by atoms with Crippen LogP contribution in [0.25, 0.3) is 0 Å². The minimum atomic E-state index is 0.177. The van der Waals surface area contributed by atoms with Crippen LogP contribution in [0.5, 0.6) is 5.75 Å². The Labute approximate surface area is 88.9 Å². The maximum atomic E-state index is 9.47. The lowest BCUT2D eigenvalue weighted by molar-refractivity contribution is 0.409. The van der Waals surface area contributed by atoms with Crippen LogP contribution in [-0.4, -0.2) is 11.7 Å². The number of hydrogen-bond donors (Lipinski definition) is 2. The van der Waals surface area contributed by atoms with Crippen LogP contribution in [0.3, 0.4) is 0 Å². The normalized spacial score (nSPS) is 22.2. The second-order valence-electron chi connectivity index (χ2n) is 3.68. The number of benzene rings is 1. The third-order valence-corrected chi connectivity index (χ3v) is 3.11. The van der Waals surface area contributed by atoms with Gasteiger partial charge in [0, 0.05) is 6.04 Å². The Bertz CT molecular complexity index is 321. The summed E-state index contributed by atoms with van der Waals surface area (Å²) >= 11 is 6.04. The van der Waals surface area contributed by atoms with Gasteiger partial charge in [-0.15, -0.1) is 0 Å². The molecule has 1 aliphatic heterocycles. The van der Waals surface area contributed by atoms with E-state index in [1.807, 2.05) is 12.1 Å². The predicted molar refractivity (Wildman–Crippen MR) is 57.7 cm³/mol. The Morgan fingerprint density at radius 3 is 2.93 bits per heavy atom. The zero-order chi connectivity index (χ0) is 9.97. The summed E-state index contributed by atoms with van der Waals surface area (Å²) in [6.07, 6.45) is 3.56. The average Bonchev–Trinajstić information content (AvgIpc) is 2.23. The number of nitrogens with one attached hydrogen (secondary N) is 1. The Balaban J connectivity index is 2.26. The molecule has 1 atom stereocenters. The van der Waals surface area contributed by atoms with E-state index < -0.39 is 0 Å². The molecular weight excluding hydrogens is 198 g/mol. The van der Waals surface area contributed by atoms with Gasteiger partial charge in [0.1, 0.15) is 5.75 Å². The Morgan fingerprint density at radius 2 is 2.21 bits per heavy atom. The van der Waals surface area contributed by atoms with Gasteiger partial charge >= 0.3 is 0 Å². The largest absolute Gasteiger partial charge is 0.506 e. The first-order chi connectivity index (χ1) is 6.79. The van der Waals surface area contributed by atoms with Crippen molar-refractivity contribution in [2.45, 2.75) is 25.3 Å². The first kappa shape index (κ1) is 9.81. The molecule has 0 aromatic heterocycles. The van der Waals surface area contributed by atoms with Crippen molar-refractivity contribution < 1.29 is 5.11 Å². The van der Waals surface area contributed by atoms with Crippen LogP contribution in [0, 0.1) is 0 Å². The van der Waals surface area contributed by atoms with E-state index in [9.17, 15) is 5.11 Å². The molecule has 2 nitrogen and oxygen atoms in total. The van der Waals surface area contributed by atoms with Crippen molar-refractivity contribution in [2.24, 2.45) is 0 Å². The molecule has 2 N–H and O–H groups in total. The SMILES string of the molecule is Oc1cccc([C@@H]2CCCCN2)c1Cl. The fourth-order valence-corrected chi connectivity index (χ4v) is 2.18. The molecule has 1 fully saturated rings. The minimum absolute atomic E-state index is 0.177. The van der Waals surface area contributed by atoms with Crippen LogP contribution in [0.4, 0.5) is 0 Å². The maximum Gasteiger partial charge on any atom is 0.134 e. The molecular formula is C11H14ClNO. The summed E-state index contributed by atoms with van der Waals surface area (Å²) < 4.78 is 0. The summed E-state index contributed by atoms with van der Waals surface area (Å²) in [6, 6.07) is 5.75. The Morgan fingerprint density at radius 1 is 1.36 bits per heavy atom. The summed E-state index contributed by atoms with van der Waals surface area (Å²) in [7, 11) is 0. The number of piperidine rings is 1. The number of halogens is 1. The van der Waals surface area contributed by atoms with Gasteiger partial charge in [0.25, 0.3) is 0 Å². The van der Waals surface area contributed by atoms with Crippen molar-refractivity contribution >= 4 is 11.6 Å². The van der Waals surface area contributed by atoms with E-state index >= 15 is 0 Å². The molecule has 76 valence electrons. The maximum absolute atomic E-state index is 9.47. The third-order valence-electron chi connectivity index (χ3n) is 2.69. The van der Waals surface area contributed by atoms with E-state index in [2.05, 4.69) is 5.32 Å². The molecule has 1 heterocycles. The second-order valence-corrected chi connectivity index (χ2v) is 4.06. The molecule has 1 aliphatic rings. The predicted octanol–water partition coefficient (Wildman–Crippen LogP) is 2.86. The standard InChI is InChI=1S/C11H14ClNO/c12-11-8(4-3-6-10(11)14)9-5-1-2-7-13-9/h3-4,6,9,13-14H,1-2,5,7H2/t9-/m0/s1. The number of rotatable bonds is 1. The van der Waals surface area contributed by atoms with Crippen molar-refractivity contribution in [1.29, 1.82) is 0 Å². The van der Waals surface area contributed by atoms with Crippen molar-refractivity contribution in [2.75, 3.05) is 6.54 Å². The highest BCUT2D eigenvalue weighted by atomic mass is 35.5. The van der Waals surface area contributed by atoms with Gasteiger partial charge in [0.15, 0.2) is 0 Å². The van der Waals surface area contributed by atoms with Gasteiger partial charge in [-0.25, -0.2) is 0 Å². The molecule has 0 amide bonds. The smallest absolute Gasteiger partial charge is 0.134 e. The molecule has 0 saturated carbocycles. The first-order valence-electron chi connectivity index (χ1n) is 5.00. The van der Waals surface area contributed by atoms with Crippen molar-refractivity contribution in [3.05, 3.63) is 28.8 Å². The van der Waals surface area contributed by atoms with E-state index in [0.717, 1.165) is 18.5 Å². The van der Waals surface area contributed by atoms with Crippen molar-refractivity contribution in [3.8, 4) is 5.75 Å². The number of aromatic hydroxyl groups is 1. The minimum Gasteiger partial charge on any atom is -0.506 e. The van der Waals surface area contributed by atoms with Crippen LogP contribution in [0.1, 0.15) is 30.9 Å². The zero-order valence-electron chi connectivity index (χ0n) is 7.96. The Hall–Kier alpha value is -0.730. The van der Waals surface area contributed by atoms with Crippen LogP contribution >= 0.6 is 11.6 Å². The second kappa shape index (κ2) is 4.20. The highest BCUT2D eigenvalue weighted by Gasteiger charge is 2.18. The van der Waals surface area contributed by atoms with Gasteiger partial charge in [-0.2, -0.15) is 0 Å². The van der Waals surface area contributed by atoms with E-state index in [4.69, 9.17) is 11.6 Å². The number of hydrogen-bond acceptors (Lipinski definition) is 2. The summed E-state index contributed by atoms with van der Waals surface area (Å²) in [4.78, 5) is 0. The highest BCUT2D eigenvalue weighted by Crippen LogP contribution is 2.33. The summed E-state index contributed by atoms with van der Waals surface area (Å²) in [6.45, 7) is 1.04. The lowest BCUT2D eigenvalue weighted by atomic mass is 9.97. The molecule has 1 saturated heterocycles. The lowest BCUT2D eigenvalue weighted by Gasteiger charge is -2.24. The zero-order valence-corrected chi connectivity index (χ0v) is 8.72. The van der Waals surface area contributed by atoms with Crippen molar-refractivity contribution in [1.82, 2.24) is 5.32 Å². The highest BCUT2D eigenvalue weighted by molar-refractivity contribution is 6.32. The quantitative estimate of drug-likeness (QED) is 0.749. The van der Waals surface area contributed by atoms with Gasteiger partial charge in [-0.05, 0) is 31.0 Å². The molecule has 0 radical (unpaired) electrons. The molecule has 0 bridgehead atoms. The molecule has 0 spiro atoms. The monoisotopic (exact) mass is 211 g/mol. The topological polar surface area (TPSA) is 32.3 Å². The fraction of sp³-hybridized carbons (Fsp3) is 0.455. The number of phenols is 1. The average molecular weight is 212 g/mol. The molecule has 0 unspecified atom stereocenters. The van der Waals surface area contributed by atoms with E-state index in [0.29, 0.717) is 11.1 Å². The summed E-state index contributed by atoms with van der Waals surface area (Å²) in [5.74, 6) is 0.177. The summed E-state index contributed by atoms with van der Waals surface area (Å²) in [5, 5.41) is 13.4. The van der Waals surface area contributed by atoms with E-state index in [-0.39, 0.29) is 5.75 Å². The third kappa shape index (κ3) is 1.86. The molecule has 0 aliphatic carbocycles. The van der Waals surface area contributed by atoms with E-state index in [1.165, 1.54) is 12.8 Å². The van der Waals surface area contributed by atoms with Crippen LogP contribution in [0.15, 0.2) is 18.2 Å². The fourth-order valence-electron chi connectivity index (χ4n) is 1.92. The van der Waals surface area contributed by atoms with Crippen LogP contribution < -0.4 is 5.32 Å². The summed E-state index contributed by atoms with van der Waals surface area (Å²) in [5.41, 5.74) is 1.02. The van der Waals surface area contributed by atoms with Gasteiger partial charge < -0.3 is 10.4 Å². The van der Waals surface area contributed by atoms with Gasteiger partial charge in [0.2, 0.25) is 0 Å². The van der Waals surface area contributed by atoms with Gasteiger partial charge in [-0.1, -0.05) is 30.2 Å². The van der Waals surface area contributed by atoms with Crippen LogP contribution in [0.2, 0.25) is 5.02 Å². The molecule has 3 heteroatoms. The van der Waals surface area contributed by atoms with Gasteiger partial charge in [-0.3, -0.25) is 0 Å². The van der Waals surface area contributed by atoms with E-state index in [1.54, 1.807) is 6.07 Å².